The zero-order valence-electron chi connectivity index (χ0n) is 12.3. The minimum atomic E-state index is 0.385. The van der Waals surface area contributed by atoms with Crippen molar-refractivity contribution in [1.82, 2.24) is 4.90 Å². The fraction of sp³-hybridized carbons (Fsp3) is 0.938. The van der Waals surface area contributed by atoms with Crippen LogP contribution in [0.3, 0.4) is 0 Å². The van der Waals surface area contributed by atoms with Crippen LogP contribution in [0.25, 0.3) is 0 Å². The summed E-state index contributed by atoms with van der Waals surface area (Å²) in [5.41, 5.74) is 0.844. The van der Waals surface area contributed by atoms with Gasteiger partial charge in [0.05, 0.1) is 6.07 Å². The van der Waals surface area contributed by atoms with Gasteiger partial charge in [-0.15, -0.1) is 0 Å². The van der Waals surface area contributed by atoms with Crippen molar-refractivity contribution >= 4 is 0 Å². The molecule has 18 heavy (non-hydrogen) atoms. The number of nitrogens with zero attached hydrogens (tertiary/aromatic N) is 2. The highest BCUT2D eigenvalue weighted by atomic mass is 15.1. The lowest BCUT2D eigenvalue weighted by atomic mass is 9.77. The summed E-state index contributed by atoms with van der Waals surface area (Å²) in [7, 11) is 0. The lowest BCUT2D eigenvalue weighted by molar-refractivity contribution is 0.195. The summed E-state index contributed by atoms with van der Waals surface area (Å²) in [6.07, 6.45) is 7.38. The Bertz CT molecular complexity index is 317. The summed E-state index contributed by atoms with van der Waals surface area (Å²) in [6, 6.07) is 2.38. The topological polar surface area (TPSA) is 27.0 Å². The van der Waals surface area contributed by atoms with Crippen molar-refractivity contribution < 1.29 is 0 Å². The number of hydrogen-bond acceptors (Lipinski definition) is 2. The summed E-state index contributed by atoms with van der Waals surface area (Å²) < 4.78 is 0. The lowest BCUT2D eigenvalue weighted by Gasteiger charge is -2.30. The molecule has 0 N–H and O–H groups in total. The summed E-state index contributed by atoms with van der Waals surface area (Å²) in [5, 5.41) is 8.91. The quantitative estimate of drug-likeness (QED) is 0.759. The van der Waals surface area contributed by atoms with Crippen LogP contribution in [0, 0.1) is 28.1 Å². The molecular formula is C16H28N2. The summed E-state index contributed by atoms with van der Waals surface area (Å²) in [5.74, 6) is 0.869. The molecule has 0 aromatic carbocycles. The largest absolute Gasteiger partial charge is 0.303 e. The monoisotopic (exact) mass is 248 g/mol. The average molecular weight is 248 g/mol. The molecule has 2 aliphatic rings. The maximum absolute atomic E-state index is 8.91. The lowest BCUT2D eigenvalue weighted by Crippen LogP contribution is -2.32. The second-order valence-electron chi connectivity index (χ2n) is 7.60. The van der Waals surface area contributed by atoms with E-state index < -0.39 is 0 Å². The Balaban J connectivity index is 1.85. The van der Waals surface area contributed by atoms with E-state index in [1.54, 1.807) is 0 Å². The molecule has 1 unspecified atom stereocenters. The SMILES string of the molecule is CC(C)(C)C1CCCN(CC2(CC#N)CC2)CC1. The van der Waals surface area contributed by atoms with Gasteiger partial charge in [0.15, 0.2) is 0 Å². The van der Waals surface area contributed by atoms with E-state index in [0.717, 1.165) is 12.3 Å². The third-order valence-corrected chi connectivity index (χ3v) is 5.02. The van der Waals surface area contributed by atoms with Gasteiger partial charge in [0.2, 0.25) is 0 Å². The Morgan fingerprint density at radius 2 is 1.94 bits per heavy atom. The molecule has 2 rings (SSSR count). The minimum absolute atomic E-state index is 0.385. The van der Waals surface area contributed by atoms with E-state index in [9.17, 15) is 0 Å². The van der Waals surface area contributed by atoms with Gasteiger partial charge < -0.3 is 4.90 Å². The van der Waals surface area contributed by atoms with Crippen LogP contribution in [-0.2, 0) is 0 Å². The van der Waals surface area contributed by atoms with E-state index in [2.05, 4.69) is 31.7 Å². The average Bonchev–Trinajstić information content (AvgIpc) is 3.03. The molecule has 0 bridgehead atoms. The molecule has 0 aromatic rings. The van der Waals surface area contributed by atoms with Gasteiger partial charge in [-0.05, 0) is 61.9 Å². The van der Waals surface area contributed by atoms with Gasteiger partial charge in [0.25, 0.3) is 0 Å². The molecule has 0 aromatic heterocycles. The second kappa shape index (κ2) is 5.21. The van der Waals surface area contributed by atoms with Crippen LogP contribution < -0.4 is 0 Å². The Kier molecular flexibility index (Phi) is 4.02. The first kappa shape index (κ1) is 13.9. The Hall–Kier alpha value is -0.550. The molecule has 1 aliphatic heterocycles. The van der Waals surface area contributed by atoms with E-state index in [1.165, 1.54) is 51.7 Å². The standard InChI is InChI=1S/C16H28N2/c1-15(2,3)14-5-4-11-18(12-6-14)13-16(7-8-16)9-10-17/h14H,4-9,11-13H2,1-3H3. The first-order valence-corrected chi connectivity index (χ1v) is 7.55. The smallest absolute Gasteiger partial charge is 0.0628 e. The fourth-order valence-electron chi connectivity index (χ4n) is 3.39. The third-order valence-electron chi connectivity index (χ3n) is 5.02. The van der Waals surface area contributed by atoms with E-state index >= 15 is 0 Å². The van der Waals surface area contributed by atoms with Gasteiger partial charge in [-0.25, -0.2) is 0 Å². The molecule has 0 radical (unpaired) electrons. The molecule has 1 saturated carbocycles. The van der Waals surface area contributed by atoms with Gasteiger partial charge in [-0.1, -0.05) is 20.8 Å². The van der Waals surface area contributed by atoms with Crippen LogP contribution in [0.5, 0.6) is 0 Å². The van der Waals surface area contributed by atoms with Crippen molar-refractivity contribution in [2.45, 2.75) is 59.3 Å². The summed E-state index contributed by atoms with van der Waals surface area (Å²) in [6.45, 7) is 10.8. The van der Waals surface area contributed by atoms with Crippen molar-refractivity contribution in [2.75, 3.05) is 19.6 Å². The molecular weight excluding hydrogens is 220 g/mol. The predicted molar refractivity (Wildman–Crippen MR) is 75.1 cm³/mol. The molecule has 102 valence electrons. The predicted octanol–water partition coefficient (Wildman–Crippen LogP) is 3.83. The maximum Gasteiger partial charge on any atom is 0.0628 e. The molecule has 2 fully saturated rings. The van der Waals surface area contributed by atoms with E-state index in [4.69, 9.17) is 5.26 Å². The van der Waals surface area contributed by atoms with Crippen molar-refractivity contribution in [2.24, 2.45) is 16.7 Å². The van der Waals surface area contributed by atoms with Crippen molar-refractivity contribution in [1.29, 1.82) is 5.26 Å². The molecule has 1 atom stereocenters. The highest BCUT2D eigenvalue weighted by Crippen LogP contribution is 2.49. The van der Waals surface area contributed by atoms with E-state index in [-0.39, 0.29) is 0 Å². The summed E-state index contributed by atoms with van der Waals surface area (Å²) in [4.78, 5) is 2.64. The normalized spacial score (nSPS) is 28.4. The molecule has 0 spiro atoms. The maximum atomic E-state index is 8.91. The third kappa shape index (κ3) is 3.48. The zero-order chi connectivity index (χ0) is 13.2. The molecule has 2 nitrogen and oxygen atoms in total. The number of nitriles is 1. The van der Waals surface area contributed by atoms with Gasteiger partial charge >= 0.3 is 0 Å². The van der Waals surface area contributed by atoms with Crippen LogP contribution in [0.15, 0.2) is 0 Å². The van der Waals surface area contributed by atoms with Crippen LogP contribution >= 0.6 is 0 Å². The number of rotatable bonds is 3. The Morgan fingerprint density at radius 3 is 2.50 bits per heavy atom. The zero-order valence-corrected chi connectivity index (χ0v) is 12.3. The Labute approximate surface area is 112 Å². The second-order valence-corrected chi connectivity index (χ2v) is 7.60. The highest BCUT2D eigenvalue weighted by Gasteiger charge is 2.43. The van der Waals surface area contributed by atoms with Gasteiger partial charge in [0.1, 0.15) is 0 Å². The Morgan fingerprint density at radius 1 is 1.22 bits per heavy atom. The highest BCUT2D eigenvalue weighted by molar-refractivity contribution is 5.01. The number of hydrogen-bond donors (Lipinski definition) is 0. The minimum Gasteiger partial charge on any atom is -0.303 e. The van der Waals surface area contributed by atoms with Crippen LogP contribution in [0.4, 0.5) is 0 Å². The van der Waals surface area contributed by atoms with Gasteiger partial charge in [0, 0.05) is 13.0 Å². The van der Waals surface area contributed by atoms with E-state index in [0.29, 0.717) is 10.8 Å². The first-order chi connectivity index (χ1) is 8.45. The van der Waals surface area contributed by atoms with Crippen LogP contribution in [0.2, 0.25) is 0 Å². The molecule has 1 heterocycles. The van der Waals surface area contributed by atoms with Gasteiger partial charge in [-0.3, -0.25) is 0 Å². The molecule has 1 aliphatic carbocycles. The molecule has 2 heteroatoms. The fourth-order valence-corrected chi connectivity index (χ4v) is 3.39. The molecule has 1 saturated heterocycles. The van der Waals surface area contributed by atoms with Crippen molar-refractivity contribution in [3.8, 4) is 6.07 Å². The first-order valence-electron chi connectivity index (χ1n) is 7.55. The van der Waals surface area contributed by atoms with E-state index in [1.807, 2.05) is 0 Å². The number of likely N-dealkylation sites (tertiary alicyclic amines) is 1. The van der Waals surface area contributed by atoms with Crippen molar-refractivity contribution in [3.63, 3.8) is 0 Å². The van der Waals surface area contributed by atoms with Crippen LogP contribution in [0.1, 0.15) is 59.3 Å². The summed E-state index contributed by atoms with van der Waals surface area (Å²) >= 11 is 0. The van der Waals surface area contributed by atoms with Crippen molar-refractivity contribution in [3.05, 3.63) is 0 Å². The van der Waals surface area contributed by atoms with Crippen LogP contribution in [-0.4, -0.2) is 24.5 Å². The van der Waals surface area contributed by atoms with Gasteiger partial charge in [-0.2, -0.15) is 5.26 Å². The molecule has 0 amide bonds.